The van der Waals surface area contributed by atoms with Gasteiger partial charge in [0.05, 0.1) is 11.4 Å². The first kappa shape index (κ1) is 32.2. The predicted octanol–water partition coefficient (Wildman–Crippen LogP) is 14.1. The van der Waals surface area contributed by atoms with E-state index in [9.17, 15) is 0 Å². The Morgan fingerprint density at radius 2 is 0.870 bits per heavy atom. The van der Waals surface area contributed by atoms with Gasteiger partial charge in [-0.25, -0.2) is 0 Å². The van der Waals surface area contributed by atoms with Gasteiger partial charge in [0, 0.05) is 27.6 Å². The van der Waals surface area contributed by atoms with Crippen molar-refractivity contribution >= 4 is 17.1 Å². The zero-order valence-electron chi connectivity index (χ0n) is 30.9. The van der Waals surface area contributed by atoms with Gasteiger partial charge in [0.2, 0.25) is 0 Å². The molecule has 0 fully saturated rings. The highest BCUT2D eigenvalue weighted by Gasteiger charge is 2.41. The van der Waals surface area contributed by atoms with E-state index in [0.29, 0.717) is 0 Å². The van der Waals surface area contributed by atoms with Crippen LogP contribution < -0.4 is 4.90 Å². The molecule has 8 aromatic rings. The van der Waals surface area contributed by atoms with Crippen LogP contribution in [0.1, 0.15) is 48.6 Å². The van der Waals surface area contributed by atoms with Crippen LogP contribution in [0.15, 0.2) is 194 Å². The van der Waals surface area contributed by atoms with Crippen LogP contribution in [0.4, 0.5) is 17.1 Å². The van der Waals surface area contributed by atoms with Crippen molar-refractivity contribution in [2.75, 3.05) is 4.90 Å². The lowest BCUT2D eigenvalue weighted by atomic mass is 9.74. The average molecular weight is 692 g/mol. The Labute approximate surface area is 318 Å². The maximum Gasteiger partial charge on any atom is 0.0540 e. The van der Waals surface area contributed by atoms with E-state index < -0.39 is 0 Å². The number of fused-ring (bicyclic) bond motifs is 6. The van der Waals surface area contributed by atoms with Crippen molar-refractivity contribution in [2.45, 2.75) is 31.6 Å². The third-order valence-corrected chi connectivity index (χ3v) is 12.2. The Morgan fingerprint density at radius 3 is 1.61 bits per heavy atom. The molecule has 0 spiro atoms. The van der Waals surface area contributed by atoms with Gasteiger partial charge < -0.3 is 4.90 Å². The van der Waals surface area contributed by atoms with Gasteiger partial charge in [-0.2, -0.15) is 0 Å². The van der Waals surface area contributed by atoms with E-state index in [1.165, 1.54) is 72.3 Å². The summed E-state index contributed by atoms with van der Waals surface area (Å²) in [6, 6.07) is 71.6. The molecule has 0 amide bonds. The van der Waals surface area contributed by atoms with Crippen LogP contribution in [0.5, 0.6) is 0 Å². The first-order valence-electron chi connectivity index (χ1n) is 19.0. The standard InChI is InChI=1S/C53H41N/c1-52(2)45-28-14-11-26-43(45)51-42(27-18-30-48(51)52)41-25-13-17-32-50(41)54(38-21-8-5-9-22-38)49-31-16-12-23-39(49)36-33-34-47-44(35-36)40-24-10-15-29-46(40)53(47,3)37-19-6-4-7-20-37/h4-35H,1-3H3. The molecule has 0 bridgehead atoms. The molecule has 10 rings (SSSR count). The van der Waals surface area contributed by atoms with Gasteiger partial charge >= 0.3 is 0 Å². The second-order valence-corrected chi connectivity index (χ2v) is 15.4. The Kier molecular flexibility index (Phi) is 7.35. The van der Waals surface area contributed by atoms with Crippen molar-refractivity contribution in [3.63, 3.8) is 0 Å². The fourth-order valence-electron chi connectivity index (χ4n) is 9.53. The van der Waals surface area contributed by atoms with Gasteiger partial charge in [-0.3, -0.25) is 0 Å². The largest absolute Gasteiger partial charge is 0.309 e. The lowest BCUT2D eigenvalue weighted by molar-refractivity contribution is 0.660. The number of rotatable bonds is 6. The predicted molar refractivity (Wildman–Crippen MR) is 227 cm³/mol. The molecule has 2 aliphatic rings. The van der Waals surface area contributed by atoms with E-state index in [0.717, 1.165) is 17.1 Å². The number of nitrogens with zero attached hydrogens (tertiary/aromatic N) is 1. The zero-order valence-corrected chi connectivity index (χ0v) is 30.9. The topological polar surface area (TPSA) is 3.24 Å². The maximum atomic E-state index is 2.46. The van der Waals surface area contributed by atoms with Crippen molar-refractivity contribution in [3.8, 4) is 44.5 Å². The Hall–Kier alpha value is -6.44. The van der Waals surface area contributed by atoms with Gasteiger partial charge in [0.15, 0.2) is 0 Å². The van der Waals surface area contributed by atoms with Crippen molar-refractivity contribution in [3.05, 3.63) is 222 Å². The molecule has 0 heterocycles. The number of benzene rings is 8. The molecule has 2 aliphatic carbocycles. The van der Waals surface area contributed by atoms with Gasteiger partial charge in [-0.05, 0) is 98.5 Å². The van der Waals surface area contributed by atoms with Gasteiger partial charge in [0.25, 0.3) is 0 Å². The highest BCUT2D eigenvalue weighted by atomic mass is 15.1. The second kappa shape index (κ2) is 12.3. The minimum Gasteiger partial charge on any atom is -0.309 e. The van der Waals surface area contributed by atoms with Crippen LogP contribution >= 0.6 is 0 Å². The van der Waals surface area contributed by atoms with Gasteiger partial charge in [-0.15, -0.1) is 0 Å². The third kappa shape index (κ3) is 4.71. The maximum absolute atomic E-state index is 2.46. The molecule has 1 unspecified atom stereocenters. The first-order valence-corrected chi connectivity index (χ1v) is 19.0. The summed E-state index contributed by atoms with van der Waals surface area (Å²) in [5.74, 6) is 0. The van der Waals surface area contributed by atoms with E-state index in [1.54, 1.807) is 0 Å². The lowest BCUT2D eigenvalue weighted by Crippen LogP contribution is -2.22. The Morgan fingerprint density at radius 1 is 0.352 bits per heavy atom. The van der Waals surface area contributed by atoms with Crippen LogP contribution in [0.3, 0.4) is 0 Å². The molecule has 0 aliphatic heterocycles. The Balaban J connectivity index is 1.18. The molecule has 0 aromatic heterocycles. The smallest absolute Gasteiger partial charge is 0.0540 e. The monoisotopic (exact) mass is 691 g/mol. The summed E-state index contributed by atoms with van der Waals surface area (Å²) >= 11 is 0. The van der Waals surface area contributed by atoms with Crippen molar-refractivity contribution < 1.29 is 0 Å². The molecule has 0 saturated carbocycles. The molecule has 0 N–H and O–H groups in total. The summed E-state index contributed by atoms with van der Waals surface area (Å²) in [6.07, 6.45) is 0. The molecule has 0 radical (unpaired) electrons. The summed E-state index contributed by atoms with van der Waals surface area (Å²) in [4.78, 5) is 2.46. The normalized spacial score (nSPS) is 15.9. The first-order chi connectivity index (χ1) is 26.5. The van der Waals surface area contributed by atoms with Crippen molar-refractivity contribution in [1.82, 2.24) is 0 Å². The molecular formula is C53H41N. The summed E-state index contributed by atoms with van der Waals surface area (Å²) in [5.41, 5.74) is 20.0. The zero-order chi connectivity index (χ0) is 36.4. The third-order valence-electron chi connectivity index (χ3n) is 12.2. The van der Waals surface area contributed by atoms with Gasteiger partial charge in [0.1, 0.15) is 0 Å². The van der Waals surface area contributed by atoms with Crippen LogP contribution in [0.25, 0.3) is 44.5 Å². The van der Waals surface area contributed by atoms with E-state index in [-0.39, 0.29) is 10.8 Å². The molecule has 0 saturated heterocycles. The number of hydrogen-bond donors (Lipinski definition) is 0. The lowest BCUT2D eigenvalue weighted by Gasteiger charge is -2.31. The van der Waals surface area contributed by atoms with Crippen molar-refractivity contribution in [2.24, 2.45) is 0 Å². The van der Waals surface area contributed by atoms with E-state index >= 15 is 0 Å². The number of para-hydroxylation sites is 3. The average Bonchev–Trinajstić information content (AvgIpc) is 3.63. The summed E-state index contributed by atoms with van der Waals surface area (Å²) in [5, 5.41) is 0. The van der Waals surface area contributed by atoms with Crippen LogP contribution in [-0.2, 0) is 10.8 Å². The molecule has 1 nitrogen and oxygen atoms in total. The number of anilines is 3. The fraction of sp³-hybridized carbons (Fsp3) is 0.0943. The van der Waals surface area contributed by atoms with E-state index in [1.807, 2.05) is 0 Å². The minimum absolute atomic E-state index is 0.0780. The van der Waals surface area contributed by atoms with Crippen LogP contribution in [0.2, 0.25) is 0 Å². The second-order valence-electron chi connectivity index (χ2n) is 15.4. The molecule has 8 aromatic carbocycles. The quantitative estimate of drug-likeness (QED) is 0.168. The van der Waals surface area contributed by atoms with Gasteiger partial charge in [-0.1, -0.05) is 178 Å². The van der Waals surface area contributed by atoms with E-state index in [4.69, 9.17) is 0 Å². The van der Waals surface area contributed by atoms with Crippen LogP contribution in [0, 0.1) is 0 Å². The SMILES string of the molecule is CC1(C)c2ccccc2-c2c(-c3ccccc3N(c3ccccc3)c3ccccc3-c3ccc4c(c3)-c3ccccc3C4(C)c3ccccc3)cccc21. The van der Waals surface area contributed by atoms with Crippen LogP contribution in [-0.4, -0.2) is 0 Å². The molecule has 1 atom stereocenters. The van der Waals surface area contributed by atoms with E-state index in [2.05, 4.69) is 220 Å². The highest BCUT2D eigenvalue weighted by molar-refractivity contribution is 6.00. The molecular weight excluding hydrogens is 651 g/mol. The fourth-order valence-corrected chi connectivity index (χ4v) is 9.53. The minimum atomic E-state index is -0.233. The molecule has 258 valence electrons. The summed E-state index contributed by atoms with van der Waals surface area (Å²) in [6.45, 7) is 7.10. The van der Waals surface area contributed by atoms with Crippen molar-refractivity contribution in [1.29, 1.82) is 0 Å². The Bertz CT molecular complexity index is 2700. The highest BCUT2D eigenvalue weighted by Crippen LogP contribution is 2.56. The summed E-state index contributed by atoms with van der Waals surface area (Å²) in [7, 11) is 0. The molecule has 54 heavy (non-hydrogen) atoms. The summed E-state index contributed by atoms with van der Waals surface area (Å²) < 4.78 is 0. The molecule has 1 heteroatoms. The number of hydrogen-bond acceptors (Lipinski definition) is 1.